The van der Waals surface area contributed by atoms with E-state index in [1.807, 2.05) is 12.1 Å². The van der Waals surface area contributed by atoms with Crippen molar-refractivity contribution in [3.8, 4) is 11.5 Å². The summed E-state index contributed by atoms with van der Waals surface area (Å²) in [7, 11) is 4.28. The third kappa shape index (κ3) is 1.60. The third-order valence-electron chi connectivity index (χ3n) is 4.16. The summed E-state index contributed by atoms with van der Waals surface area (Å²) in [5.74, 6) is 1.94. The molecule has 2 heteroatoms. The van der Waals surface area contributed by atoms with Crippen molar-refractivity contribution in [3.05, 3.63) is 59.7 Å². The van der Waals surface area contributed by atoms with Crippen molar-refractivity contribution in [1.82, 2.24) is 4.90 Å². The molecule has 0 bridgehead atoms. The van der Waals surface area contributed by atoms with Crippen LogP contribution in [0.25, 0.3) is 0 Å². The Bertz CT molecular complexity index is 558. The summed E-state index contributed by atoms with van der Waals surface area (Å²) >= 11 is 0. The Morgan fingerprint density at radius 2 is 1.37 bits per heavy atom. The van der Waals surface area contributed by atoms with E-state index in [0.29, 0.717) is 0 Å². The zero-order chi connectivity index (χ0) is 13.5. The first-order valence-corrected chi connectivity index (χ1v) is 6.74. The molecule has 1 aliphatic rings. The minimum Gasteiger partial charge on any atom is -0.457 e. The van der Waals surface area contributed by atoms with Crippen molar-refractivity contribution in [2.75, 3.05) is 14.1 Å². The van der Waals surface area contributed by atoms with Gasteiger partial charge in [-0.2, -0.15) is 0 Å². The first kappa shape index (κ1) is 12.2. The standard InChI is InChI=1S/C17H19NO/c1-4-17(18(2)3)13-9-5-7-11-15(13)19-16-12-8-6-10-14(16)17/h5-12H,4H2,1-3H3. The van der Waals surface area contributed by atoms with Crippen molar-refractivity contribution in [2.45, 2.75) is 18.9 Å². The van der Waals surface area contributed by atoms with E-state index in [4.69, 9.17) is 4.74 Å². The maximum atomic E-state index is 6.06. The molecule has 0 aliphatic carbocycles. The summed E-state index contributed by atoms with van der Waals surface area (Å²) in [6.45, 7) is 2.24. The number of benzene rings is 2. The van der Waals surface area contributed by atoms with E-state index in [1.54, 1.807) is 0 Å². The van der Waals surface area contributed by atoms with Gasteiger partial charge in [-0.25, -0.2) is 0 Å². The van der Waals surface area contributed by atoms with Gasteiger partial charge in [-0.1, -0.05) is 43.3 Å². The van der Waals surface area contributed by atoms with Gasteiger partial charge >= 0.3 is 0 Å². The van der Waals surface area contributed by atoms with Gasteiger partial charge in [0, 0.05) is 11.1 Å². The van der Waals surface area contributed by atoms with E-state index >= 15 is 0 Å². The predicted molar refractivity (Wildman–Crippen MR) is 77.7 cm³/mol. The first-order chi connectivity index (χ1) is 9.20. The van der Waals surface area contributed by atoms with Gasteiger partial charge in [-0.05, 0) is 32.6 Å². The van der Waals surface area contributed by atoms with E-state index in [-0.39, 0.29) is 5.54 Å². The van der Waals surface area contributed by atoms with E-state index in [1.165, 1.54) is 11.1 Å². The van der Waals surface area contributed by atoms with E-state index in [2.05, 4.69) is 62.3 Å². The molecule has 0 N–H and O–H groups in total. The Balaban J connectivity index is 2.33. The smallest absolute Gasteiger partial charge is 0.132 e. The topological polar surface area (TPSA) is 12.5 Å². The van der Waals surface area contributed by atoms with Gasteiger partial charge in [-0.3, -0.25) is 4.90 Å². The van der Waals surface area contributed by atoms with Crippen LogP contribution in [0.15, 0.2) is 48.5 Å². The van der Waals surface area contributed by atoms with Crippen molar-refractivity contribution < 1.29 is 4.74 Å². The van der Waals surface area contributed by atoms with Crippen molar-refractivity contribution in [1.29, 1.82) is 0 Å². The van der Waals surface area contributed by atoms with Crippen LogP contribution < -0.4 is 4.74 Å². The fourth-order valence-corrected chi connectivity index (χ4v) is 3.24. The molecule has 0 saturated carbocycles. The molecule has 1 aliphatic heterocycles. The number of hydrogen-bond acceptors (Lipinski definition) is 2. The number of ether oxygens (including phenoxy) is 1. The van der Waals surface area contributed by atoms with Crippen LogP contribution >= 0.6 is 0 Å². The molecule has 0 aromatic heterocycles. The molecule has 98 valence electrons. The molecule has 3 rings (SSSR count). The van der Waals surface area contributed by atoms with Crippen LogP contribution in [-0.4, -0.2) is 19.0 Å². The van der Waals surface area contributed by atoms with Crippen molar-refractivity contribution >= 4 is 0 Å². The van der Waals surface area contributed by atoms with Gasteiger partial charge in [0.1, 0.15) is 11.5 Å². The largest absolute Gasteiger partial charge is 0.457 e. The molecule has 0 amide bonds. The molecule has 1 heterocycles. The lowest BCUT2D eigenvalue weighted by Gasteiger charge is -2.44. The molecule has 0 fully saturated rings. The molecule has 2 nitrogen and oxygen atoms in total. The minimum atomic E-state index is -0.106. The van der Waals surface area contributed by atoms with Crippen LogP contribution in [0.4, 0.5) is 0 Å². The predicted octanol–water partition coefficient (Wildman–Crippen LogP) is 4.01. The van der Waals surface area contributed by atoms with Crippen LogP contribution in [0.3, 0.4) is 0 Å². The Hall–Kier alpha value is -1.80. The van der Waals surface area contributed by atoms with E-state index in [0.717, 1.165) is 17.9 Å². The highest BCUT2D eigenvalue weighted by atomic mass is 16.5. The molecule has 0 unspecified atom stereocenters. The normalized spacial score (nSPS) is 15.6. The molecule has 0 atom stereocenters. The second-order valence-electron chi connectivity index (χ2n) is 5.20. The van der Waals surface area contributed by atoms with Gasteiger partial charge in [0.15, 0.2) is 0 Å². The number of para-hydroxylation sites is 2. The molecule has 0 spiro atoms. The van der Waals surface area contributed by atoms with E-state index < -0.39 is 0 Å². The first-order valence-electron chi connectivity index (χ1n) is 6.74. The van der Waals surface area contributed by atoms with Gasteiger partial charge in [0.2, 0.25) is 0 Å². The summed E-state index contributed by atoms with van der Waals surface area (Å²) in [4.78, 5) is 2.30. The lowest BCUT2D eigenvalue weighted by atomic mass is 9.77. The zero-order valence-electron chi connectivity index (χ0n) is 11.7. The summed E-state index contributed by atoms with van der Waals surface area (Å²) in [6, 6.07) is 16.7. The lowest BCUT2D eigenvalue weighted by Crippen LogP contribution is -2.43. The Kier molecular flexibility index (Phi) is 2.83. The average molecular weight is 253 g/mol. The van der Waals surface area contributed by atoms with Crippen LogP contribution in [0.2, 0.25) is 0 Å². The second kappa shape index (κ2) is 4.39. The highest BCUT2D eigenvalue weighted by Gasteiger charge is 2.42. The molecular weight excluding hydrogens is 234 g/mol. The Morgan fingerprint density at radius 3 is 1.79 bits per heavy atom. The van der Waals surface area contributed by atoms with Gasteiger partial charge in [-0.15, -0.1) is 0 Å². The summed E-state index contributed by atoms with van der Waals surface area (Å²) < 4.78 is 6.06. The van der Waals surface area contributed by atoms with E-state index in [9.17, 15) is 0 Å². The number of rotatable bonds is 2. The molecule has 19 heavy (non-hydrogen) atoms. The molecule has 2 aromatic carbocycles. The van der Waals surface area contributed by atoms with Gasteiger partial charge in [0.25, 0.3) is 0 Å². The fraction of sp³-hybridized carbons (Fsp3) is 0.294. The van der Waals surface area contributed by atoms with Gasteiger partial charge < -0.3 is 4.74 Å². The number of hydrogen-bond donors (Lipinski definition) is 0. The zero-order valence-corrected chi connectivity index (χ0v) is 11.7. The summed E-state index contributed by atoms with van der Waals surface area (Å²) in [5, 5.41) is 0. The maximum absolute atomic E-state index is 6.06. The van der Waals surface area contributed by atoms with Crippen LogP contribution in [0.1, 0.15) is 24.5 Å². The van der Waals surface area contributed by atoms with Gasteiger partial charge in [0.05, 0.1) is 5.54 Å². The molecule has 0 radical (unpaired) electrons. The maximum Gasteiger partial charge on any atom is 0.132 e. The quantitative estimate of drug-likeness (QED) is 0.802. The van der Waals surface area contributed by atoms with Crippen LogP contribution in [-0.2, 0) is 5.54 Å². The second-order valence-corrected chi connectivity index (χ2v) is 5.20. The number of fused-ring (bicyclic) bond motifs is 2. The summed E-state index contributed by atoms with van der Waals surface area (Å²) in [6.07, 6.45) is 1.01. The highest BCUT2D eigenvalue weighted by molar-refractivity contribution is 5.56. The summed E-state index contributed by atoms with van der Waals surface area (Å²) in [5.41, 5.74) is 2.40. The monoisotopic (exact) mass is 253 g/mol. The molecular formula is C17H19NO. The molecule has 2 aromatic rings. The minimum absolute atomic E-state index is 0.106. The fourth-order valence-electron chi connectivity index (χ4n) is 3.24. The third-order valence-corrected chi connectivity index (χ3v) is 4.16. The van der Waals surface area contributed by atoms with Crippen molar-refractivity contribution in [3.63, 3.8) is 0 Å². The van der Waals surface area contributed by atoms with Crippen LogP contribution in [0, 0.1) is 0 Å². The average Bonchev–Trinajstić information content (AvgIpc) is 2.44. The lowest BCUT2D eigenvalue weighted by molar-refractivity contribution is 0.174. The molecule has 0 saturated heterocycles. The highest BCUT2D eigenvalue weighted by Crippen LogP contribution is 2.50. The number of nitrogens with zero attached hydrogens (tertiary/aromatic N) is 1. The Morgan fingerprint density at radius 1 is 0.895 bits per heavy atom. The SMILES string of the molecule is CCC1(N(C)C)c2ccccc2Oc2ccccc21. The van der Waals surface area contributed by atoms with Crippen LogP contribution in [0.5, 0.6) is 11.5 Å². The van der Waals surface area contributed by atoms with Crippen molar-refractivity contribution in [2.24, 2.45) is 0 Å². The Labute approximate surface area is 114 Å².